The summed E-state index contributed by atoms with van der Waals surface area (Å²) in [4.78, 5) is 0. The number of phenolic OH excluding ortho intramolecular Hbond substituents is 1. The van der Waals surface area contributed by atoms with Crippen molar-refractivity contribution in [3.8, 4) is 5.75 Å². The molecule has 3 nitrogen and oxygen atoms in total. The van der Waals surface area contributed by atoms with E-state index in [1.807, 2.05) is 37.3 Å². The van der Waals surface area contributed by atoms with E-state index >= 15 is 0 Å². The minimum absolute atomic E-state index is 0. The van der Waals surface area contributed by atoms with Gasteiger partial charge in [0.2, 0.25) is 0 Å². The molecule has 4 N–H and O–H groups in total. The van der Waals surface area contributed by atoms with Gasteiger partial charge in [0.25, 0.3) is 0 Å². The van der Waals surface area contributed by atoms with Gasteiger partial charge in [-0.2, -0.15) is 0 Å². The number of nitrogens with one attached hydrogen (secondary N) is 1. The molecule has 0 aliphatic carbocycles. The van der Waals surface area contributed by atoms with Crippen LogP contribution in [0.4, 0.5) is 11.4 Å². The largest absolute Gasteiger partial charge is 0.508 e. The lowest BCUT2D eigenvalue weighted by Crippen LogP contribution is -2.01. The number of hydrogen-bond donors (Lipinski definition) is 3. The zero-order valence-electron chi connectivity index (χ0n) is 10.2. The molecular weight excluding hydrogens is 248 g/mol. The lowest BCUT2D eigenvalue weighted by Gasteiger charge is -2.10. The topological polar surface area (TPSA) is 58.3 Å². The summed E-state index contributed by atoms with van der Waals surface area (Å²) in [6, 6.07) is 13.0. The van der Waals surface area contributed by atoms with Crippen LogP contribution >= 0.6 is 12.4 Å². The average molecular weight is 265 g/mol. The van der Waals surface area contributed by atoms with Crippen LogP contribution in [0.25, 0.3) is 0 Å². The van der Waals surface area contributed by atoms with E-state index < -0.39 is 0 Å². The Hall–Kier alpha value is -1.87. The van der Waals surface area contributed by atoms with E-state index in [1.54, 1.807) is 12.1 Å². The van der Waals surface area contributed by atoms with Gasteiger partial charge in [0.1, 0.15) is 5.75 Å². The Labute approximate surface area is 113 Å². The van der Waals surface area contributed by atoms with Crippen molar-refractivity contribution in [2.75, 3.05) is 11.1 Å². The molecular formula is C14H17ClN2O. The molecule has 18 heavy (non-hydrogen) atoms. The fourth-order valence-corrected chi connectivity index (χ4v) is 1.75. The summed E-state index contributed by atoms with van der Waals surface area (Å²) in [6.45, 7) is 2.69. The van der Waals surface area contributed by atoms with Crippen molar-refractivity contribution in [3.63, 3.8) is 0 Å². The molecule has 0 aromatic heterocycles. The molecule has 0 spiro atoms. The second-order valence-electron chi connectivity index (χ2n) is 4.10. The molecule has 0 aliphatic heterocycles. The maximum atomic E-state index is 9.36. The summed E-state index contributed by atoms with van der Waals surface area (Å²) in [5.74, 6) is 0.290. The molecule has 2 rings (SSSR count). The second-order valence-corrected chi connectivity index (χ2v) is 4.10. The van der Waals surface area contributed by atoms with Crippen LogP contribution in [0.1, 0.15) is 11.1 Å². The van der Waals surface area contributed by atoms with Crippen molar-refractivity contribution in [2.24, 2.45) is 0 Å². The number of anilines is 2. The summed E-state index contributed by atoms with van der Waals surface area (Å²) < 4.78 is 0. The quantitative estimate of drug-likeness (QED) is 0.746. The van der Waals surface area contributed by atoms with E-state index in [1.165, 1.54) is 0 Å². The molecule has 0 radical (unpaired) electrons. The van der Waals surface area contributed by atoms with Gasteiger partial charge in [-0.25, -0.2) is 0 Å². The fourth-order valence-electron chi connectivity index (χ4n) is 1.75. The summed E-state index contributed by atoms with van der Waals surface area (Å²) >= 11 is 0. The Morgan fingerprint density at radius 3 is 2.61 bits per heavy atom. The van der Waals surface area contributed by atoms with E-state index in [2.05, 4.69) is 5.32 Å². The Bertz CT molecular complexity index is 529. The highest BCUT2D eigenvalue weighted by molar-refractivity contribution is 5.85. The number of halogens is 1. The molecule has 0 heterocycles. The first-order valence-corrected chi connectivity index (χ1v) is 5.53. The predicted octanol–water partition coefficient (Wildman–Crippen LogP) is 3.32. The number of phenols is 1. The van der Waals surface area contributed by atoms with Crippen molar-refractivity contribution in [1.82, 2.24) is 0 Å². The minimum atomic E-state index is 0. The predicted molar refractivity (Wildman–Crippen MR) is 78.3 cm³/mol. The summed E-state index contributed by atoms with van der Waals surface area (Å²) in [5.41, 5.74) is 9.68. The van der Waals surface area contributed by atoms with E-state index in [9.17, 15) is 5.11 Å². The molecule has 0 aliphatic rings. The Kier molecular flexibility index (Phi) is 4.86. The van der Waals surface area contributed by atoms with Gasteiger partial charge in [0, 0.05) is 17.9 Å². The molecule has 0 saturated carbocycles. The highest BCUT2D eigenvalue weighted by atomic mass is 35.5. The maximum absolute atomic E-state index is 9.36. The zero-order valence-corrected chi connectivity index (χ0v) is 11.0. The Morgan fingerprint density at radius 1 is 1.17 bits per heavy atom. The van der Waals surface area contributed by atoms with E-state index in [0.717, 1.165) is 22.5 Å². The first-order valence-electron chi connectivity index (χ1n) is 5.53. The summed E-state index contributed by atoms with van der Waals surface area (Å²) in [5, 5.41) is 12.7. The number of nitrogen functional groups attached to an aromatic ring is 1. The zero-order chi connectivity index (χ0) is 12.3. The van der Waals surface area contributed by atoms with Crippen molar-refractivity contribution in [2.45, 2.75) is 13.5 Å². The molecule has 2 aromatic rings. The summed E-state index contributed by atoms with van der Waals surface area (Å²) in [6.07, 6.45) is 0. The number of hydrogen-bond acceptors (Lipinski definition) is 3. The highest BCUT2D eigenvalue weighted by Crippen LogP contribution is 2.19. The van der Waals surface area contributed by atoms with Crippen LogP contribution in [0.3, 0.4) is 0 Å². The SMILES string of the molecule is Cc1cc(N)ccc1NCc1cccc(O)c1.Cl. The molecule has 0 unspecified atom stereocenters. The summed E-state index contributed by atoms with van der Waals surface area (Å²) in [7, 11) is 0. The van der Waals surface area contributed by atoms with Gasteiger partial charge in [-0.1, -0.05) is 12.1 Å². The highest BCUT2D eigenvalue weighted by Gasteiger charge is 1.99. The third-order valence-corrected chi connectivity index (χ3v) is 2.64. The van der Waals surface area contributed by atoms with Gasteiger partial charge < -0.3 is 16.2 Å². The van der Waals surface area contributed by atoms with Crippen LogP contribution in [0.2, 0.25) is 0 Å². The lowest BCUT2D eigenvalue weighted by molar-refractivity contribution is 0.474. The smallest absolute Gasteiger partial charge is 0.115 e. The molecule has 2 aromatic carbocycles. The molecule has 0 amide bonds. The molecule has 4 heteroatoms. The number of aromatic hydroxyl groups is 1. The fraction of sp³-hybridized carbons (Fsp3) is 0.143. The monoisotopic (exact) mass is 264 g/mol. The molecule has 0 saturated heterocycles. The number of aryl methyl sites for hydroxylation is 1. The van der Waals surface area contributed by atoms with E-state index in [0.29, 0.717) is 12.3 Å². The molecule has 96 valence electrons. The third kappa shape index (κ3) is 3.57. The van der Waals surface area contributed by atoms with Gasteiger partial charge >= 0.3 is 0 Å². The van der Waals surface area contributed by atoms with Crippen molar-refractivity contribution in [3.05, 3.63) is 53.6 Å². The lowest BCUT2D eigenvalue weighted by atomic mass is 10.1. The number of benzene rings is 2. The third-order valence-electron chi connectivity index (χ3n) is 2.64. The molecule has 0 bridgehead atoms. The van der Waals surface area contributed by atoms with Gasteiger partial charge in [-0.3, -0.25) is 0 Å². The maximum Gasteiger partial charge on any atom is 0.115 e. The average Bonchev–Trinajstić information content (AvgIpc) is 2.28. The van der Waals surface area contributed by atoms with Crippen LogP contribution in [-0.2, 0) is 6.54 Å². The van der Waals surface area contributed by atoms with Crippen LogP contribution in [0.15, 0.2) is 42.5 Å². The van der Waals surface area contributed by atoms with Crippen LogP contribution in [0.5, 0.6) is 5.75 Å². The Balaban J connectivity index is 0.00000162. The van der Waals surface area contributed by atoms with Crippen molar-refractivity contribution in [1.29, 1.82) is 0 Å². The van der Waals surface area contributed by atoms with Crippen molar-refractivity contribution >= 4 is 23.8 Å². The second kappa shape index (κ2) is 6.17. The van der Waals surface area contributed by atoms with Crippen LogP contribution in [0, 0.1) is 6.92 Å². The van der Waals surface area contributed by atoms with Gasteiger partial charge in [-0.05, 0) is 48.4 Å². The van der Waals surface area contributed by atoms with Gasteiger partial charge in [-0.15, -0.1) is 12.4 Å². The van der Waals surface area contributed by atoms with E-state index in [-0.39, 0.29) is 12.4 Å². The van der Waals surface area contributed by atoms with Crippen LogP contribution < -0.4 is 11.1 Å². The standard InChI is InChI=1S/C14H16N2O.ClH/c1-10-7-12(15)5-6-14(10)16-9-11-3-2-4-13(17)8-11;/h2-8,16-17H,9,15H2,1H3;1H. The van der Waals surface area contributed by atoms with Crippen molar-refractivity contribution < 1.29 is 5.11 Å². The van der Waals surface area contributed by atoms with Gasteiger partial charge in [0.15, 0.2) is 0 Å². The number of rotatable bonds is 3. The van der Waals surface area contributed by atoms with Crippen LogP contribution in [-0.4, -0.2) is 5.11 Å². The van der Waals surface area contributed by atoms with Gasteiger partial charge in [0.05, 0.1) is 0 Å². The first kappa shape index (κ1) is 14.2. The normalized spacial score (nSPS) is 9.61. The molecule has 0 atom stereocenters. The first-order chi connectivity index (χ1) is 8.15. The molecule has 0 fully saturated rings. The number of nitrogens with two attached hydrogens (primary N) is 1. The Morgan fingerprint density at radius 2 is 1.94 bits per heavy atom. The van der Waals surface area contributed by atoms with E-state index in [4.69, 9.17) is 5.73 Å². The minimum Gasteiger partial charge on any atom is -0.508 e.